The third-order valence-electron chi connectivity index (χ3n) is 7.29. The number of rotatable bonds is 10. The third-order valence-corrected chi connectivity index (χ3v) is 7.62. The second-order valence-electron chi connectivity index (χ2n) is 10.7. The average Bonchev–Trinajstić information content (AvgIpc) is 3.04. The molecule has 0 aliphatic heterocycles. The SMILES string of the molecule is CC(OC(=O)CCOc1ccccc1N(C)C(=O)c1ccc(Cl)c(-c2cnc(C(F)(F)F)cc2C#N)c1)OC(=O)OC1CCCCC1. The fraction of sp³-hybridized carbons (Fsp3) is 0.364. The molecule has 1 unspecified atom stereocenters. The van der Waals surface area contributed by atoms with Crippen molar-refractivity contribution in [2.75, 3.05) is 18.6 Å². The summed E-state index contributed by atoms with van der Waals surface area (Å²) in [5, 5.41) is 9.61. The molecule has 14 heteroatoms. The largest absolute Gasteiger partial charge is 0.511 e. The normalized spacial score (nSPS) is 14.0. The quantitative estimate of drug-likeness (QED) is 0.157. The zero-order valence-corrected chi connectivity index (χ0v) is 26.3. The molecule has 248 valence electrons. The molecule has 0 radical (unpaired) electrons. The Kier molecular flexibility index (Phi) is 11.7. The molecule has 47 heavy (non-hydrogen) atoms. The summed E-state index contributed by atoms with van der Waals surface area (Å²) >= 11 is 6.32. The minimum Gasteiger partial charge on any atom is -0.491 e. The van der Waals surface area contributed by atoms with E-state index in [4.69, 9.17) is 30.5 Å². The van der Waals surface area contributed by atoms with Crippen LogP contribution < -0.4 is 9.64 Å². The van der Waals surface area contributed by atoms with Gasteiger partial charge in [0.2, 0.25) is 6.29 Å². The molecule has 1 aromatic heterocycles. The van der Waals surface area contributed by atoms with E-state index in [-0.39, 0.29) is 52.2 Å². The first kappa shape index (κ1) is 35.0. The zero-order valence-electron chi connectivity index (χ0n) is 25.5. The molecular formula is C33H31ClF3N3O7. The van der Waals surface area contributed by atoms with Crippen LogP contribution in [0.3, 0.4) is 0 Å². The lowest BCUT2D eigenvalue weighted by molar-refractivity contribution is -0.169. The highest BCUT2D eigenvalue weighted by Crippen LogP contribution is 2.35. The van der Waals surface area contributed by atoms with E-state index in [1.807, 2.05) is 0 Å². The van der Waals surface area contributed by atoms with Gasteiger partial charge in [0.05, 0.1) is 30.3 Å². The maximum Gasteiger partial charge on any atom is 0.511 e. The number of ether oxygens (including phenoxy) is 4. The van der Waals surface area contributed by atoms with Crippen LogP contribution in [-0.2, 0) is 25.2 Å². The highest BCUT2D eigenvalue weighted by atomic mass is 35.5. The number of benzene rings is 2. The van der Waals surface area contributed by atoms with E-state index in [0.717, 1.165) is 38.3 Å². The Morgan fingerprint density at radius 1 is 1.06 bits per heavy atom. The molecule has 1 saturated carbocycles. The number of anilines is 1. The molecule has 1 aliphatic rings. The summed E-state index contributed by atoms with van der Waals surface area (Å²) < 4.78 is 60.6. The monoisotopic (exact) mass is 673 g/mol. The first-order valence-corrected chi connectivity index (χ1v) is 15.1. The molecule has 4 rings (SSSR count). The van der Waals surface area contributed by atoms with Crippen molar-refractivity contribution in [3.8, 4) is 22.9 Å². The topological polar surface area (TPSA) is 128 Å². The van der Waals surface area contributed by atoms with Crippen molar-refractivity contribution in [2.24, 2.45) is 0 Å². The number of carbonyl (C=O) groups excluding carboxylic acids is 3. The van der Waals surface area contributed by atoms with Crippen molar-refractivity contribution in [1.82, 2.24) is 4.98 Å². The first-order valence-electron chi connectivity index (χ1n) is 14.7. The van der Waals surface area contributed by atoms with Gasteiger partial charge < -0.3 is 23.8 Å². The van der Waals surface area contributed by atoms with Crippen LogP contribution in [0.5, 0.6) is 5.75 Å². The first-order chi connectivity index (χ1) is 22.4. The zero-order chi connectivity index (χ0) is 34.1. The fourth-order valence-electron chi connectivity index (χ4n) is 4.94. The van der Waals surface area contributed by atoms with Gasteiger partial charge in [-0.05, 0) is 62.1 Å². The van der Waals surface area contributed by atoms with Crippen LogP contribution in [0.4, 0.5) is 23.7 Å². The number of alkyl halides is 3. The summed E-state index contributed by atoms with van der Waals surface area (Å²) in [5.74, 6) is -0.944. The standard InChI is InChI=1S/C33H31ClF3N3O7/c1-20(46-32(43)47-23-8-4-3-5-9-23)45-30(41)14-15-44-28-11-7-6-10-27(28)40(2)31(42)21-12-13-26(34)24(16-21)25-19-39-29(33(35,36)37)17-22(25)18-38/h6-7,10-13,16-17,19-20,23H,3-5,8-9,14-15H2,1-2H3. The number of carbonyl (C=O) groups is 3. The lowest BCUT2D eigenvalue weighted by Gasteiger charge is -2.22. The summed E-state index contributed by atoms with van der Waals surface area (Å²) in [6.07, 6.45) is -1.72. The molecule has 1 fully saturated rings. The Bertz CT molecular complexity index is 1660. The smallest absolute Gasteiger partial charge is 0.491 e. The molecule has 0 bridgehead atoms. The number of pyridine rings is 1. The number of esters is 1. The van der Waals surface area contributed by atoms with E-state index in [0.29, 0.717) is 11.8 Å². The van der Waals surface area contributed by atoms with Crippen LogP contribution in [0, 0.1) is 11.3 Å². The van der Waals surface area contributed by atoms with Crippen LogP contribution in [0.25, 0.3) is 11.1 Å². The van der Waals surface area contributed by atoms with Gasteiger partial charge in [-0.2, -0.15) is 18.4 Å². The third kappa shape index (κ3) is 9.36. The predicted molar refractivity (Wildman–Crippen MR) is 164 cm³/mol. The Morgan fingerprint density at radius 2 is 1.79 bits per heavy atom. The highest BCUT2D eigenvalue weighted by molar-refractivity contribution is 6.33. The van der Waals surface area contributed by atoms with Gasteiger partial charge in [0.25, 0.3) is 5.91 Å². The number of para-hydroxylation sites is 2. The molecule has 0 spiro atoms. The van der Waals surface area contributed by atoms with Crippen molar-refractivity contribution in [3.05, 3.63) is 76.6 Å². The number of aromatic nitrogens is 1. The molecule has 3 aromatic rings. The van der Waals surface area contributed by atoms with Crippen LogP contribution >= 0.6 is 11.6 Å². The van der Waals surface area contributed by atoms with Gasteiger partial charge >= 0.3 is 18.3 Å². The van der Waals surface area contributed by atoms with E-state index in [1.54, 1.807) is 30.3 Å². The molecule has 0 N–H and O–H groups in total. The van der Waals surface area contributed by atoms with E-state index < -0.39 is 36.2 Å². The number of nitriles is 1. The van der Waals surface area contributed by atoms with Gasteiger partial charge in [-0.3, -0.25) is 14.6 Å². The summed E-state index contributed by atoms with van der Waals surface area (Å²) in [6.45, 7) is 1.27. The minimum atomic E-state index is -4.75. The Labute approximate surface area is 273 Å². The number of hydrogen-bond donors (Lipinski definition) is 0. The average molecular weight is 674 g/mol. The van der Waals surface area contributed by atoms with E-state index in [9.17, 15) is 32.8 Å². The molecule has 1 atom stereocenters. The predicted octanol–water partition coefficient (Wildman–Crippen LogP) is 7.71. The maximum absolute atomic E-state index is 13.5. The maximum atomic E-state index is 13.5. The summed E-state index contributed by atoms with van der Waals surface area (Å²) in [4.78, 5) is 42.5. The van der Waals surface area contributed by atoms with Gasteiger partial charge in [-0.25, -0.2) is 4.79 Å². The minimum absolute atomic E-state index is 0.0271. The number of halogens is 4. The Morgan fingerprint density at radius 3 is 2.49 bits per heavy atom. The Hall–Kier alpha value is -4.83. The molecule has 1 heterocycles. The van der Waals surface area contributed by atoms with E-state index in [1.165, 1.54) is 37.1 Å². The van der Waals surface area contributed by atoms with Crippen LogP contribution in [0.2, 0.25) is 5.02 Å². The van der Waals surface area contributed by atoms with Crippen molar-refractivity contribution in [1.29, 1.82) is 5.26 Å². The summed E-state index contributed by atoms with van der Waals surface area (Å²) in [5.41, 5.74) is -0.914. The molecule has 1 aliphatic carbocycles. The van der Waals surface area contributed by atoms with Gasteiger partial charge in [0.1, 0.15) is 17.5 Å². The van der Waals surface area contributed by atoms with E-state index in [2.05, 4.69) is 4.98 Å². The molecule has 10 nitrogen and oxygen atoms in total. The molecular weight excluding hydrogens is 643 g/mol. The fourth-order valence-corrected chi connectivity index (χ4v) is 5.16. The molecule has 1 amide bonds. The number of hydrogen-bond acceptors (Lipinski definition) is 9. The van der Waals surface area contributed by atoms with Crippen LogP contribution in [-0.4, -0.2) is 49.1 Å². The van der Waals surface area contributed by atoms with Crippen LogP contribution in [0.1, 0.15) is 67.1 Å². The van der Waals surface area contributed by atoms with E-state index >= 15 is 0 Å². The second-order valence-corrected chi connectivity index (χ2v) is 11.1. The van der Waals surface area contributed by atoms with Gasteiger partial charge in [-0.1, -0.05) is 30.2 Å². The van der Waals surface area contributed by atoms with Crippen LogP contribution in [0.15, 0.2) is 54.7 Å². The van der Waals surface area contributed by atoms with Crippen molar-refractivity contribution < 1.29 is 46.5 Å². The summed E-state index contributed by atoms with van der Waals surface area (Å²) in [6, 6.07) is 13.1. The van der Waals surface area contributed by atoms with Gasteiger partial charge in [0.15, 0.2) is 0 Å². The van der Waals surface area contributed by atoms with Crippen molar-refractivity contribution in [2.45, 2.75) is 64.0 Å². The van der Waals surface area contributed by atoms with Gasteiger partial charge in [0, 0.05) is 41.9 Å². The summed E-state index contributed by atoms with van der Waals surface area (Å²) in [7, 11) is 1.49. The number of nitrogens with zero attached hydrogens (tertiary/aromatic N) is 3. The Balaban J connectivity index is 1.38. The van der Waals surface area contributed by atoms with Gasteiger partial charge in [-0.15, -0.1) is 0 Å². The highest BCUT2D eigenvalue weighted by Gasteiger charge is 2.33. The second kappa shape index (κ2) is 15.6. The molecule has 0 saturated heterocycles. The lowest BCUT2D eigenvalue weighted by Crippen LogP contribution is -2.27. The number of amides is 1. The molecule has 2 aromatic carbocycles. The van der Waals surface area contributed by atoms with Crippen molar-refractivity contribution >= 4 is 35.3 Å². The van der Waals surface area contributed by atoms with Crippen molar-refractivity contribution in [3.63, 3.8) is 0 Å². The lowest BCUT2D eigenvalue weighted by atomic mass is 9.98.